The van der Waals surface area contributed by atoms with E-state index in [1.54, 1.807) is 50.2 Å². The van der Waals surface area contributed by atoms with Crippen LogP contribution in [0, 0.1) is 5.92 Å². The van der Waals surface area contributed by atoms with Crippen molar-refractivity contribution in [3.63, 3.8) is 0 Å². The smallest absolute Gasteiger partial charge is 0.312 e. The van der Waals surface area contributed by atoms with Gasteiger partial charge in [-0.15, -0.1) is 0 Å². The van der Waals surface area contributed by atoms with Gasteiger partial charge in [0, 0.05) is 76.6 Å². The van der Waals surface area contributed by atoms with Gasteiger partial charge in [-0.2, -0.15) is 0 Å². The van der Waals surface area contributed by atoms with Crippen LogP contribution in [0.25, 0.3) is 10.8 Å². The highest BCUT2D eigenvalue weighted by Crippen LogP contribution is 2.22. The number of amides is 12. The number of aromatic nitrogens is 1. The second kappa shape index (κ2) is 40.1. The number of carbonyl (C=O) groups is 12. The van der Waals surface area contributed by atoms with Crippen LogP contribution in [0.3, 0.4) is 0 Å². The molecular weight excluding hydrogens is 1310 g/mol. The quantitative estimate of drug-likeness (QED) is 0.0152. The number of aromatic hydroxyl groups is 1. The van der Waals surface area contributed by atoms with Crippen molar-refractivity contribution < 1.29 is 67.7 Å². The number of hydrogen-bond acceptors (Lipinski definition) is 15. The number of carboxylic acids is 1. The molecule has 1 aliphatic rings. The number of hydrogen-bond donors (Lipinski definition) is 15. The number of halogens is 1. The number of likely N-dealkylation sites (tertiary alicyclic amines) is 1. The molecule has 9 atom stereocenters. The molecule has 1 fully saturated rings. The number of phenols is 1. The summed E-state index contributed by atoms with van der Waals surface area (Å²) in [7, 11) is 0. The molecule has 31 heteroatoms. The normalized spacial score (nSPS) is 14.8. The van der Waals surface area contributed by atoms with Crippen LogP contribution in [-0.4, -0.2) is 171 Å². The van der Waals surface area contributed by atoms with Crippen molar-refractivity contribution in [2.24, 2.45) is 33.8 Å². The molecule has 0 radical (unpaired) electrons. The minimum Gasteiger partial charge on any atom is -0.508 e. The zero-order valence-electron chi connectivity index (χ0n) is 56.5. The second-order valence-corrected chi connectivity index (χ2v) is 25.1. The SMILES string of the molecule is CC(=O)N[C@H](Cc1ccc2ccccc2c1)C(=O)N[C@H](Cc1ccc(Cl)cc1)C(=O)N[C@H](Cc1cccnc1)C(=O)N[C@@H](Cc1ccc(O)cc1)C(=O)N[C@H](CCCNC(N)=O)C(=O)N[C@@H](CC(C)C)C(=O)N[C@@H](CCCN=C(N)N)C(=O)N1CCC[C@H]1C(=O)N[C@H](C)C(N)=O.CC(=O)O. The minimum absolute atomic E-state index is 0.00511. The van der Waals surface area contributed by atoms with Gasteiger partial charge in [-0.05, 0) is 121 Å². The fourth-order valence-corrected chi connectivity index (χ4v) is 11.1. The Labute approximate surface area is 584 Å². The largest absolute Gasteiger partial charge is 0.508 e. The van der Waals surface area contributed by atoms with Gasteiger partial charge in [-0.3, -0.25) is 62.7 Å². The van der Waals surface area contributed by atoms with E-state index in [1.165, 1.54) is 55.4 Å². The number of phenolic OH excluding ortho intramolecular Hbond substituents is 1. The fourth-order valence-electron chi connectivity index (χ4n) is 10.9. The lowest BCUT2D eigenvalue weighted by molar-refractivity contribution is -0.142. The van der Waals surface area contributed by atoms with Crippen molar-refractivity contribution in [1.82, 2.24) is 57.7 Å². The van der Waals surface area contributed by atoms with Crippen LogP contribution >= 0.6 is 11.6 Å². The predicted molar refractivity (Wildman–Crippen MR) is 373 cm³/mol. The molecule has 1 aliphatic heterocycles. The van der Waals surface area contributed by atoms with Gasteiger partial charge in [-0.1, -0.05) is 98.2 Å². The summed E-state index contributed by atoms with van der Waals surface area (Å²) in [6.45, 7) is 7.46. The predicted octanol–water partition coefficient (Wildman–Crippen LogP) is 0.898. The molecule has 1 aromatic heterocycles. The van der Waals surface area contributed by atoms with Gasteiger partial charge in [0.2, 0.25) is 59.1 Å². The minimum atomic E-state index is -1.55. The molecule has 30 nitrogen and oxygen atoms in total. The van der Waals surface area contributed by atoms with Gasteiger partial charge < -0.3 is 85.9 Å². The van der Waals surface area contributed by atoms with E-state index in [1.807, 2.05) is 42.5 Å². The third kappa shape index (κ3) is 27.5. The van der Waals surface area contributed by atoms with Gasteiger partial charge in [0.05, 0.1) is 0 Å². The van der Waals surface area contributed by atoms with Crippen LogP contribution in [0.2, 0.25) is 5.02 Å². The summed E-state index contributed by atoms with van der Waals surface area (Å²) < 4.78 is 0. The summed E-state index contributed by atoms with van der Waals surface area (Å²) in [5.74, 6) is -9.04. The van der Waals surface area contributed by atoms with Crippen LogP contribution in [0.1, 0.15) is 102 Å². The molecule has 1 saturated heterocycles. The number of aliphatic carboxylic acids is 1. The number of guanidine groups is 1. The summed E-state index contributed by atoms with van der Waals surface area (Å²) in [6, 6.07) is 16.1. The Morgan fingerprint density at radius 3 is 1.61 bits per heavy atom. The van der Waals surface area contributed by atoms with E-state index in [9.17, 15) is 48.3 Å². The van der Waals surface area contributed by atoms with Gasteiger partial charge in [-0.25, -0.2) is 4.79 Å². The zero-order chi connectivity index (χ0) is 73.6. The fraction of sp³-hybridized carbons (Fsp3) is 0.420. The van der Waals surface area contributed by atoms with Crippen molar-refractivity contribution in [3.05, 3.63) is 143 Å². The van der Waals surface area contributed by atoms with Crippen molar-refractivity contribution in [3.8, 4) is 5.75 Å². The summed E-state index contributed by atoms with van der Waals surface area (Å²) in [6.07, 6.45) is 3.12. The summed E-state index contributed by atoms with van der Waals surface area (Å²) >= 11 is 6.25. The number of benzene rings is 4. The van der Waals surface area contributed by atoms with E-state index in [2.05, 4.69) is 57.8 Å². The summed E-state index contributed by atoms with van der Waals surface area (Å²) in [5, 5.41) is 44.2. The highest BCUT2D eigenvalue weighted by Gasteiger charge is 2.40. The molecule has 2 heterocycles. The molecule has 12 amide bonds. The Balaban J connectivity index is 0.00000438. The molecular formula is C69H91ClN16O14. The van der Waals surface area contributed by atoms with Crippen LogP contribution in [-0.2, 0) is 78.4 Å². The molecule has 5 aromatic rings. The topological polar surface area (TPSA) is 486 Å². The number of carboxylic acid groups (broad SMARTS) is 1. The zero-order valence-corrected chi connectivity index (χ0v) is 57.2. The number of pyridine rings is 1. The Morgan fingerprint density at radius 1 is 0.580 bits per heavy atom. The first kappa shape index (κ1) is 79.8. The maximum atomic E-state index is 15.1. The average molecular weight is 1400 g/mol. The number of aliphatic imine (C=N–C) groups is 1. The number of urea groups is 1. The van der Waals surface area contributed by atoms with Crippen LogP contribution in [0.4, 0.5) is 4.79 Å². The van der Waals surface area contributed by atoms with Crippen LogP contribution < -0.4 is 70.8 Å². The molecule has 0 unspecified atom stereocenters. The molecule has 100 heavy (non-hydrogen) atoms. The first-order valence-corrected chi connectivity index (χ1v) is 33.0. The van der Waals surface area contributed by atoms with Crippen molar-refractivity contribution in [1.29, 1.82) is 0 Å². The average Bonchev–Trinajstić information content (AvgIpc) is 1.56. The number of nitrogens with zero attached hydrogens (tertiary/aromatic N) is 3. The molecule has 4 aromatic carbocycles. The molecule has 0 saturated carbocycles. The van der Waals surface area contributed by atoms with Crippen molar-refractivity contribution in [2.75, 3.05) is 19.6 Å². The highest BCUT2D eigenvalue weighted by molar-refractivity contribution is 6.30. The third-order valence-corrected chi connectivity index (χ3v) is 16.1. The van der Waals surface area contributed by atoms with E-state index in [0.29, 0.717) is 28.1 Å². The van der Waals surface area contributed by atoms with E-state index in [4.69, 9.17) is 44.4 Å². The van der Waals surface area contributed by atoms with Gasteiger partial charge in [0.25, 0.3) is 5.97 Å². The van der Waals surface area contributed by atoms with Gasteiger partial charge in [0.15, 0.2) is 5.96 Å². The molecule has 19 N–H and O–H groups in total. The van der Waals surface area contributed by atoms with E-state index >= 15 is 9.59 Å². The Morgan fingerprint density at radius 2 is 1.07 bits per heavy atom. The first-order valence-electron chi connectivity index (χ1n) is 32.6. The van der Waals surface area contributed by atoms with E-state index in [0.717, 1.165) is 23.3 Å². The maximum absolute atomic E-state index is 15.1. The lowest BCUT2D eigenvalue weighted by atomic mass is 9.99. The number of carbonyl (C=O) groups excluding carboxylic acids is 11. The maximum Gasteiger partial charge on any atom is 0.312 e. The Hall–Kier alpha value is -10.9. The monoisotopic (exact) mass is 1400 g/mol. The van der Waals surface area contributed by atoms with Crippen molar-refractivity contribution in [2.45, 2.75) is 160 Å². The van der Waals surface area contributed by atoms with E-state index < -0.39 is 125 Å². The lowest BCUT2D eigenvalue weighted by Gasteiger charge is -2.31. The Bertz CT molecular complexity index is 3670. The summed E-state index contributed by atoms with van der Waals surface area (Å²) in [4.78, 5) is 172. The number of primary amides is 2. The van der Waals surface area contributed by atoms with Crippen molar-refractivity contribution >= 4 is 99.4 Å². The molecule has 6 rings (SSSR count). The third-order valence-electron chi connectivity index (χ3n) is 15.9. The lowest BCUT2D eigenvalue weighted by Crippen LogP contribution is -2.61. The molecule has 0 spiro atoms. The number of nitrogens with one attached hydrogen (secondary N) is 9. The summed E-state index contributed by atoms with van der Waals surface area (Å²) in [5.41, 5.74) is 24.1. The van der Waals surface area contributed by atoms with Crippen LogP contribution in [0.15, 0.2) is 121 Å². The molecule has 0 aliphatic carbocycles. The highest BCUT2D eigenvalue weighted by atomic mass is 35.5. The number of fused-ring (bicyclic) bond motifs is 1. The van der Waals surface area contributed by atoms with Gasteiger partial charge in [0.1, 0.15) is 60.1 Å². The second-order valence-electron chi connectivity index (χ2n) is 24.6. The number of rotatable bonds is 35. The molecule has 0 bridgehead atoms. The molecule has 538 valence electrons. The standard InChI is InChI=1S/C67H87ClN16O12.C2H4O2/c1-38(2)31-51(59(89)79-50(15-9-28-74-66(70)71)65(95)84-30-10-16-56(84)64(94)76-39(3)57(69)87)80-58(88)49(14-8-29-75-67(72)96)78-61(91)53(34-42-20-25-48(86)26-21-42)82-63(93)55(36-44-11-7-27-73-37-44)83-62(92)54(33-41-18-23-47(68)24-19-41)81-60(90)52(77-40(4)85)35-43-17-22-45-12-5-6-13-46(45)32-43;1-2(3)4/h5-7,11-13,17-27,32,37-39,49-56,86H,8-10,14-16,28-31,33-36H2,1-4H3,(H2,69,87)(H,76,94)(H,77,85)(H,78,91)(H,79,89)(H,80,88)(H,81,90)(H,82,93)(H,83,92)(H4,70,71,74)(H3,72,75,96);1H3,(H,3,4)/t39-,49-,50+,51+,52-,53+,54-,55-,56+;/m1./s1. The number of nitrogens with two attached hydrogens (primary N) is 4. The van der Waals surface area contributed by atoms with Gasteiger partial charge >= 0.3 is 6.03 Å². The Kier molecular flexibility index (Phi) is 32.0. The van der Waals surface area contributed by atoms with Crippen LogP contribution in [0.5, 0.6) is 5.75 Å². The first-order chi connectivity index (χ1) is 47.5. The van der Waals surface area contributed by atoms with E-state index in [-0.39, 0.29) is 101 Å².